The van der Waals surface area contributed by atoms with Gasteiger partial charge in [0.05, 0.1) is 26.0 Å². The summed E-state index contributed by atoms with van der Waals surface area (Å²) >= 11 is 1.94. The highest BCUT2D eigenvalue weighted by atomic mass is 127. The number of halogens is 1. The monoisotopic (exact) mass is 783 g/mol. The minimum absolute atomic E-state index is 0.0911. The number of anilines is 2. The third-order valence-electron chi connectivity index (χ3n) is 7.51. The van der Waals surface area contributed by atoms with Crippen molar-refractivity contribution in [2.24, 2.45) is 5.41 Å². The van der Waals surface area contributed by atoms with Crippen LogP contribution in [0.2, 0.25) is 0 Å². The Labute approximate surface area is 285 Å². The summed E-state index contributed by atoms with van der Waals surface area (Å²) in [5, 5.41) is 30.2. The van der Waals surface area contributed by atoms with E-state index in [1.807, 2.05) is 73.7 Å². The van der Waals surface area contributed by atoms with Gasteiger partial charge >= 0.3 is 13.6 Å². The molecular formula is C30H39IN7O8P. The molecule has 47 heavy (non-hydrogen) atoms. The Morgan fingerprint density at radius 1 is 1.21 bits per heavy atom. The van der Waals surface area contributed by atoms with Crippen LogP contribution in [-0.2, 0) is 23.4 Å². The zero-order chi connectivity index (χ0) is 34.3. The number of aliphatic hydroxyl groups is 2. The van der Waals surface area contributed by atoms with E-state index in [0.717, 1.165) is 10.8 Å². The number of nitrogens with zero attached hydrogens (tertiary/aromatic N) is 4. The predicted molar refractivity (Wildman–Crippen MR) is 184 cm³/mol. The molecule has 1 saturated heterocycles. The van der Waals surface area contributed by atoms with E-state index in [-0.39, 0.29) is 35.0 Å². The Balaban J connectivity index is 1.42. The van der Waals surface area contributed by atoms with E-state index >= 15 is 0 Å². The molecule has 1 aliphatic rings. The Kier molecular flexibility index (Phi) is 10.0. The maximum atomic E-state index is 14.5. The van der Waals surface area contributed by atoms with Crippen molar-refractivity contribution in [1.82, 2.24) is 24.6 Å². The molecule has 0 aliphatic carbocycles. The lowest BCUT2D eigenvalue weighted by molar-refractivity contribution is -0.148. The summed E-state index contributed by atoms with van der Waals surface area (Å²) in [6.45, 7) is 8.39. The molecule has 3 heterocycles. The molecule has 5 rings (SSSR count). The number of carbonyl (C=O) groups is 1. The van der Waals surface area contributed by atoms with Gasteiger partial charge in [-0.25, -0.2) is 14.6 Å². The zero-order valence-corrected chi connectivity index (χ0v) is 29.9. The summed E-state index contributed by atoms with van der Waals surface area (Å²) in [4.78, 5) is 25.7. The zero-order valence-electron chi connectivity index (χ0n) is 26.8. The van der Waals surface area contributed by atoms with Gasteiger partial charge in [0, 0.05) is 28.0 Å². The molecule has 1 unspecified atom stereocenters. The van der Waals surface area contributed by atoms with Gasteiger partial charge in [-0.2, -0.15) is 9.97 Å². The van der Waals surface area contributed by atoms with E-state index < -0.39 is 50.3 Å². The highest BCUT2D eigenvalue weighted by Gasteiger charge is 2.54. The molecule has 0 saturated carbocycles. The van der Waals surface area contributed by atoms with Crippen LogP contribution >= 0.6 is 30.3 Å². The van der Waals surface area contributed by atoms with Crippen molar-refractivity contribution in [2.75, 3.05) is 31.1 Å². The van der Waals surface area contributed by atoms with Crippen molar-refractivity contribution >= 4 is 69.8 Å². The quantitative estimate of drug-likeness (QED) is 0.0632. The number of imidazole rings is 1. The maximum absolute atomic E-state index is 14.5. The van der Waals surface area contributed by atoms with Crippen molar-refractivity contribution in [2.45, 2.75) is 64.7 Å². The number of hydrogen-bond acceptors (Lipinski definition) is 12. The lowest BCUT2D eigenvalue weighted by Crippen LogP contribution is -2.45. The summed E-state index contributed by atoms with van der Waals surface area (Å²) < 4.78 is 39.2. The number of aromatic nitrogens is 4. The molecule has 0 amide bonds. The first-order valence-electron chi connectivity index (χ1n) is 14.8. The molecule has 0 spiro atoms. The number of nitrogens with one attached hydrogen (secondary N) is 2. The molecule has 2 aromatic heterocycles. The predicted octanol–water partition coefficient (Wildman–Crippen LogP) is 3.99. The van der Waals surface area contributed by atoms with Crippen molar-refractivity contribution in [3.63, 3.8) is 0 Å². The van der Waals surface area contributed by atoms with Crippen molar-refractivity contribution < 1.29 is 38.3 Å². The average Bonchev–Trinajstić information content (AvgIpc) is 3.44. The van der Waals surface area contributed by atoms with E-state index in [1.165, 1.54) is 25.5 Å². The number of esters is 1. The van der Waals surface area contributed by atoms with Gasteiger partial charge < -0.3 is 35.2 Å². The summed E-state index contributed by atoms with van der Waals surface area (Å²) in [5.74, 6) is -0.586. The number of hydrogen-bond donors (Lipinski definition) is 5. The first-order valence-corrected chi connectivity index (χ1v) is 17.5. The first-order chi connectivity index (χ1) is 22.0. The normalized spacial score (nSPS) is 23.5. The van der Waals surface area contributed by atoms with Gasteiger partial charge in [-0.05, 0) is 30.7 Å². The van der Waals surface area contributed by atoms with Gasteiger partial charge in [0.1, 0.15) is 23.9 Å². The highest BCUT2D eigenvalue weighted by molar-refractivity contribution is 14.1. The van der Waals surface area contributed by atoms with Gasteiger partial charge in [0.2, 0.25) is 11.8 Å². The van der Waals surface area contributed by atoms with E-state index in [0.29, 0.717) is 9.52 Å². The summed E-state index contributed by atoms with van der Waals surface area (Å²) in [6.07, 6.45) is -3.91. The second-order valence-electron chi connectivity index (χ2n) is 12.7. The SMILES string of the molecule is COc1nc(N)nc2c1nc(I)n2[C@@H]1O[C@H](COP(=O)(Nc2cccc3ccccc23)N[C@@H](C)C(=O)OCC(C)(C)C)[C@@H](O)[C@@]1(C)O. The summed E-state index contributed by atoms with van der Waals surface area (Å²) in [5.41, 5.74) is 4.71. The molecule has 17 heteroatoms. The van der Waals surface area contributed by atoms with E-state index in [2.05, 4.69) is 25.1 Å². The van der Waals surface area contributed by atoms with Crippen LogP contribution in [0.5, 0.6) is 5.88 Å². The second-order valence-corrected chi connectivity index (χ2v) is 15.5. The Morgan fingerprint density at radius 2 is 1.91 bits per heavy atom. The third-order valence-corrected chi connectivity index (χ3v) is 10.0. The van der Waals surface area contributed by atoms with E-state index in [9.17, 15) is 19.6 Å². The number of nitrogens with two attached hydrogens (primary N) is 1. The number of nitrogen functional groups attached to an aromatic ring is 1. The van der Waals surface area contributed by atoms with E-state index in [1.54, 1.807) is 12.1 Å². The van der Waals surface area contributed by atoms with Crippen molar-refractivity contribution in [3.8, 4) is 5.88 Å². The summed E-state index contributed by atoms with van der Waals surface area (Å²) in [6, 6.07) is 11.9. The molecular weight excluding hydrogens is 744 g/mol. The van der Waals surface area contributed by atoms with Crippen molar-refractivity contribution in [3.05, 3.63) is 46.3 Å². The third kappa shape index (κ3) is 7.48. The lowest BCUT2D eigenvalue weighted by atomic mass is 9.96. The minimum atomic E-state index is -4.13. The fourth-order valence-corrected chi connectivity index (χ4v) is 7.53. The van der Waals surface area contributed by atoms with Gasteiger partial charge in [-0.15, -0.1) is 0 Å². The number of methoxy groups -OCH3 is 1. The standard InChI is InChI=1S/C30H39IN7O8P/c1-16(25(40)44-15-29(2,3)4)36-47(42,37-19-13-9-11-17-10-7-8-12-18(17)19)45-14-20-22(39)30(5,41)26(46-20)38-23-21(33-27(38)31)24(43-6)35-28(32)34-23/h7-13,16,20,22,26,39,41H,14-15H2,1-6H3,(H2,32,34,35)(H2,36,37,42)/t16-,20+,22+,26+,30+,47?/m0/s1. The average molecular weight is 784 g/mol. The molecule has 15 nitrogen and oxygen atoms in total. The number of carbonyl (C=O) groups excluding carboxylic acids is 1. The molecule has 0 bridgehead atoms. The molecule has 2 aromatic carbocycles. The Bertz CT molecular complexity index is 1830. The van der Waals surface area contributed by atoms with Crippen LogP contribution in [0.3, 0.4) is 0 Å². The number of aliphatic hydroxyl groups excluding tert-OH is 1. The molecule has 1 fully saturated rings. The van der Waals surface area contributed by atoms with Crippen LogP contribution in [0.4, 0.5) is 11.6 Å². The lowest BCUT2D eigenvalue weighted by Gasteiger charge is -2.28. The molecule has 4 aromatic rings. The molecule has 0 radical (unpaired) electrons. The van der Waals surface area contributed by atoms with Crippen LogP contribution in [0.15, 0.2) is 42.5 Å². The number of benzene rings is 2. The van der Waals surface area contributed by atoms with Crippen molar-refractivity contribution in [1.29, 1.82) is 0 Å². The van der Waals surface area contributed by atoms with Gasteiger partial charge in [0.15, 0.2) is 21.2 Å². The molecule has 6 atom stereocenters. The smallest absolute Gasteiger partial charge is 0.366 e. The van der Waals surface area contributed by atoms with Crippen LogP contribution < -0.4 is 20.6 Å². The Morgan fingerprint density at radius 3 is 2.62 bits per heavy atom. The van der Waals surface area contributed by atoms with Gasteiger partial charge in [-0.3, -0.25) is 13.9 Å². The van der Waals surface area contributed by atoms with Crippen LogP contribution in [0.25, 0.3) is 21.9 Å². The molecule has 6 N–H and O–H groups in total. The fraction of sp³-hybridized carbons (Fsp3) is 0.467. The number of rotatable bonds is 11. The molecule has 254 valence electrons. The first kappa shape index (κ1) is 35.2. The summed E-state index contributed by atoms with van der Waals surface area (Å²) in [7, 11) is -2.72. The van der Waals surface area contributed by atoms with Crippen LogP contribution in [-0.4, -0.2) is 79.9 Å². The fourth-order valence-electron chi connectivity index (χ4n) is 5.12. The van der Waals surface area contributed by atoms with Crippen LogP contribution in [0, 0.1) is 9.25 Å². The topological polar surface area (TPSA) is 205 Å². The molecule has 1 aliphatic heterocycles. The largest absolute Gasteiger partial charge is 0.479 e. The minimum Gasteiger partial charge on any atom is -0.479 e. The van der Waals surface area contributed by atoms with Gasteiger partial charge in [0.25, 0.3) is 0 Å². The van der Waals surface area contributed by atoms with Crippen LogP contribution in [0.1, 0.15) is 40.8 Å². The number of ether oxygens (including phenoxy) is 3. The van der Waals surface area contributed by atoms with Gasteiger partial charge in [-0.1, -0.05) is 57.2 Å². The van der Waals surface area contributed by atoms with E-state index in [4.69, 9.17) is 24.5 Å². The highest BCUT2D eigenvalue weighted by Crippen LogP contribution is 2.47. The second kappa shape index (κ2) is 13.4. The Hall–Kier alpha value is -3.12. The number of fused-ring (bicyclic) bond motifs is 2. The maximum Gasteiger partial charge on any atom is 0.366 e.